The minimum absolute atomic E-state index is 0.201. The zero-order valence-electron chi connectivity index (χ0n) is 11.4. The highest BCUT2D eigenvalue weighted by Crippen LogP contribution is 2.50. The number of esters is 1. The fourth-order valence-corrected chi connectivity index (χ4v) is 2.88. The molecular formula is C14H17NO4. The number of ether oxygens (including phenoxy) is 2. The minimum Gasteiger partial charge on any atom is -0.445 e. The lowest BCUT2D eigenvalue weighted by Crippen LogP contribution is -2.52. The second kappa shape index (κ2) is 3.48. The number of rotatable bonds is 1. The Bertz CT molecular complexity index is 540. The summed E-state index contributed by atoms with van der Waals surface area (Å²) < 4.78 is 11.1. The molecule has 1 spiro atoms. The van der Waals surface area contributed by atoms with Crippen LogP contribution in [0.5, 0.6) is 0 Å². The summed E-state index contributed by atoms with van der Waals surface area (Å²) in [5, 5.41) is 2.83. The quantitative estimate of drug-likeness (QED) is 0.562. The SMILES string of the molecule is CC1=C2C(=O)O[C@H](C(=O)NC(C)(C)C)[C@@]23C=C[C@@H]1O3. The molecule has 5 heteroatoms. The van der Waals surface area contributed by atoms with E-state index in [1.165, 1.54) is 0 Å². The number of fused-ring (bicyclic) bond motifs is 1. The van der Waals surface area contributed by atoms with Crippen molar-refractivity contribution in [2.45, 2.75) is 51.0 Å². The van der Waals surface area contributed by atoms with Crippen molar-refractivity contribution in [2.75, 3.05) is 0 Å². The normalized spacial score (nSPS) is 35.7. The fraction of sp³-hybridized carbons (Fsp3) is 0.571. The topological polar surface area (TPSA) is 64.6 Å². The molecule has 1 fully saturated rings. The van der Waals surface area contributed by atoms with Gasteiger partial charge in [-0.1, -0.05) is 6.08 Å². The number of carbonyl (C=O) groups is 2. The summed E-state index contributed by atoms with van der Waals surface area (Å²) >= 11 is 0. The second-order valence-corrected chi connectivity index (χ2v) is 6.27. The molecule has 19 heavy (non-hydrogen) atoms. The molecule has 5 nitrogen and oxygen atoms in total. The Hall–Kier alpha value is -1.62. The summed E-state index contributed by atoms with van der Waals surface area (Å²) in [4.78, 5) is 24.3. The molecule has 1 N–H and O–H groups in total. The van der Waals surface area contributed by atoms with E-state index >= 15 is 0 Å². The van der Waals surface area contributed by atoms with Gasteiger partial charge in [0.2, 0.25) is 6.10 Å². The standard InChI is InChI=1S/C14H17NO4/c1-7-8-5-6-14(19-8)9(7)12(17)18-10(14)11(16)15-13(2,3)4/h5-6,8,10H,1-4H3,(H,15,16)/t8-,10+,14+/m0/s1. The van der Waals surface area contributed by atoms with Crippen molar-refractivity contribution in [1.29, 1.82) is 0 Å². The molecule has 0 aromatic carbocycles. The van der Waals surface area contributed by atoms with Crippen LogP contribution in [-0.2, 0) is 19.1 Å². The Kier molecular flexibility index (Phi) is 2.27. The number of hydrogen-bond donors (Lipinski definition) is 1. The van der Waals surface area contributed by atoms with Gasteiger partial charge in [-0.05, 0) is 39.3 Å². The number of cyclic esters (lactones) is 1. The van der Waals surface area contributed by atoms with Crippen LogP contribution < -0.4 is 5.32 Å². The van der Waals surface area contributed by atoms with Crippen LogP contribution in [0.2, 0.25) is 0 Å². The Labute approximate surface area is 111 Å². The largest absolute Gasteiger partial charge is 0.445 e. The zero-order chi connectivity index (χ0) is 14.0. The van der Waals surface area contributed by atoms with E-state index in [0.717, 1.165) is 5.57 Å². The van der Waals surface area contributed by atoms with Crippen molar-refractivity contribution in [3.8, 4) is 0 Å². The second-order valence-electron chi connectivity index (χ2n) is 6.27. The summed E-state index contributed by atoms with van der Waals surface area (Å²) in [6.07, 6.45) is 2.51. The van der Waals surface area contributed by atoms with E-state index in [9.17, 15) is 9.59 Å². The number of hydrogen-bond acceptors (Lipinski definition) is 4. The molecular weight excluding hydrogens is 246 g/mol. The van der Waals surface area contributed by atoms with E-state index in [4.69, 9.17) is 9.47 Å². The molecule has 102 valence electrons. The van der Waals surface area contributed by atoms with E-state index in [2.05, 4.69) is 5.32 Å². The van der Waals surface area contributed by atoms with Gasteiger partial charge in [-0.2, -0.15) is 0 Å². The van der Waals surface area contributed by atoms with Gasteiger partial charge in [0.05, 0.1) is 11.7 Å². The maximum absolute atomic E-state index is 12.3. The van der Waals surface area contributed by atoms with Gasteiger partial charge in [0.1, 0.15) is 0 Å². The first-order valence-electron chi connectivity index (χ1n) is 6.36. The number of carbonyl (C=O) groups excluding carboxylic acids is 2. The Morgan fingerprint density at radius 2 is 2.11 bits per heavy atom. The molecule has 2 bridgehead atoms. The number of amides is 1. The molecule has 0 aliphatic carbocycles. The third-order valence-corrected chi connectivity index (χ3v) is 3.61. The third kappa shape index (κ3) is 1.57. The lowest BCUT2D eigenvalue weighted by Gasteiger charge is -2.28. The van der Waals surface area contributed by atoms with Crippen LogP contribution in [0, 0.1) is 0 Å². The van der Waals surface area contributed by atoms with Gasteiger partial charge >= 0.3 is 5.97 Å². The van der Waals surface area contributed by atoms with Crippen LogP contribution in [0.3, 0.4) is 0 Å². The number of nitrogens with one attached hydrogen (secondary N) is 1. The van der Waals surface area contributed by atoms with Gasteiger partial charge in [-0.25, -0.2) is 4.79 Å². The smallest absolute Gasteiger partial charge is 0.338 e. The molecule has 1 amide bonds. The molecule has 1 saturated heterocycles. The molecule has 0 unspecified atom stereocenters. The van der Waals surface area contributed by atoms with Crippen molar-refractivity contribution >= 4 is 11.9 Å². The van der Waals surface area contributed by atoms with E-state index < -0.39 is 17.7 Å². The van der Waals surface area contributed by atoms with Crippen molar-refractivity contribution in [1.82, 2.24) is 5.32 Å². The van der Waals surface area contributed by atoms with E-state index in [0.29, 0.717) is 5.57 Å². The van der Waals surface area contributed by atoms with Crippen LogP contribution >= 0.6 is 0 Å². The third-order valence-electron chi connectivity index (χ3n) is 3.61. The van der Waals surface area contributed by atoms with Crippen LogP contribution in [0.4, 0.5) is 0 Å². The summed E-state index contributed by atoms with van der Waals surface area (Å²) in [6.45, 7) is 7.48. The van der Waals surface area contributed by atoms with Crippen LogP contribution in [-0.4, -0.2) is 35.2 Å². The Morgan fingerprint density at radius 1 is 1.42 bits per heavy atom. The van der Waals surface area contributed by atoms with E-state index in [-0.39, 0.29) is 17.6 Å². The molecule has 0 radical (unpaired) electrons. The molecule has 0 aromatic heterocycles. The lowest BCUT2D eigenvalue weighted by atomic mass is 9.85. The van der Waals surface area contributed by atoms with Gasteiger partial charge in [0.15, 0.2) is 5.60 Å². The highest BCUT2D eigenvalue weighted by Gasteiger charge is 2.64. The van der Waals surface area contributed by atoms with Crippen molar-refractivity contribution in [3.63, 3.8) is 0 Å². The van der Waals surface area contributed by atoms with Crippen molar-refractivity contribution in [3.05, 3.63) is 23.3 Å². The molecule has 3 rings (SSSR count). The van der Waals surface area contributed by atoms with Gasteiger partial charge in [-0.15, -0.1) is 0 Å². The zero-order valence-corrected chi connectivity index (χ0v) is 11.4. The molecule has 3 atom stereocenters. The van der Waals surface area contributed by atoms with Crippen molar-refractivity contribution in [2.24, 2.45) is 0 Å². The average Bonchev–Trinajstić information content (AvgIpc) is 2.87. The first kappa shape index (κ1) is 12.4. The maximum Gasteiger partial charge on any atom is 0.338 e. The molecule has 0 saturated carbocycles. The Morgan fingerprint density at radius 3 is 2.74 bits per heavy atom. The van der Waals surface area contributed by atoms with Crippen LogP contribution in [0.25, 0.3) is 0 Å². The predicted octanol–water partition coefficient (Wildman–Crippen LogP) is 0.850. The maximum atomic E-state index is 12.3. The van der Waals surface area contributed by atoms with Gasteiger partial charge in [-0.3, -0.25) is 4.79 Å². The molecule has 0 aromatic rings. The predicted molar refractivity (Wildman–Crippen MR) is 67.2 cm³/mol. The Balaban J connectivity index is 1.96. The highest BCUT2D eigenvalue weighted by atomic mass is 16.6. The van der Waals surface area contributed by atoms with Gasteiger partial charge in [0, 0.05) is 5.54 Å². The summed E-state index contributed by atoms with van der Waals surface area (Å²) in [6, 6.07) is 0. The van der Waals surface area contributed by atoms with E-state index in [1.54, 1.807) is 6.08 Å². The lowest BCUT2D eigenvalue weighted by molar-refractivity contribution is -0.153. The first-order valence-corrected chi connectivity index (χ1v) is 6.36. The molecule has 3 aliphatic rings. The van der Waals surface area contributed by atoms with E-state index in [1.807, 2.05) is 33.8 Å². The van der Waals surface area contributed by atoms with Gasteiger partial charge < -0.3 is 14.8 Å². The fourth-order valence-electron chi connectivity index (χ4n) is 2.88. The summed E-state index contributed by atoms with van der Waals surface area (Å²) in [5.74, 6) is -0.769. The minimum atomic E-state index is -1.01. The highest BCUT2D eigenvalue weighted by molar-refractivity contribution is 6.02. The monoisotopic (exact) mass is 263 g/mol. The molecule has 3 aliphatic heterocycles. The van der Waals surface area contributed by atoms with Crippen LogP contribution in [0.15, 0.2) is 23.3 Å². The average molecular weight is 263 g/mol. The van der Waals surface area contributed by atoms with Crippen LogP contribution in [0.1, 0.15) is 27.7 Å². The summed E-state index contributed by atoms with van der Waals surface area (Å²) in [5.41, 5.74) is -0.0593. The molecule has 3 heterocycles. The summed E-state index contributed by atoms with van der Waals surface area (Å²) in [7, 11) is 0. The van der Waals surface area contributed by atoms with Crippen molar-refractivity contribution < 1.29 is 19.1 Å². The first-order chi connectivity index (χ1) is 8.74. The van der Waals surface area contributed by atoms with Gasteiger partial charge in [0.25, 0.3) is 5.91 Å².